The van der Waals surface area contributed by atoms with Gasteiger partial charge in [-0.25, -0.2) is 0 Å². The Balaban J connectivity index is 0.00000207. The van der Waals surface area contributed by atoms with E-state index in [9.17, 15) is 10.2 Å². The van der Waals surface area contributed by atoms with Gasteiger partial charge >= 0.3 is 0 Å². The van der Waals surface area contributed by atoms with E-state index in [2.05, 4.69) is 51.0 Å². The summed E-state index contributed by atoms with van der Waals surface area (Å²) in [6, 6.07) is 9.92. The van der Waals surface area contributed by atoms with Crippen LogP contribution < -0.4 is 10.9 Å². The van der Waals surface area contributed by atoms with Crippen LogP contribution in [0.25, 0.3) is 11.0 Å². The van der Waals surface area contributed by atoms with Crippen LogP contribution in [-0.2, 0) is 24.4 Å². The zero-order valence-electron chi connectivity index (χ0n) is 26.5. The molecule has 3 aromatic rings. The Hall–Kier alpha value is -3.40. The number of nitrogens with zero attached hydrogens (tertiary/aromatic N) is 4. The zero-order valence-corrected chi connectivity index (χ0v) is 26.5. The van der Waals surface area contributed by atoms with Crippen LogP contribution >= 0.6 is 0 Å². The fourth-order valence-electron chi connectivity index (χ4n) is 5.86. The lowest BCUT2D eigenvalue weighted by Crippen LogP contribution is -2.37. The molecule has 0 atom stereocenters. The molecule has 3 heterocycles. The van der Waals surface area contributed by atoms with Gasteiger partial charge in [0.1, 0.15) is 11.4 Å². The van der Waals surface area contributed by atoms with Gasteiger partial charge in [0.15, 0.2) is 0 Å². The first-order valence-electron chi connectivity index (χ1n) is 15.9. The summed E-state index contributed by atoms with van der Waals surface area (Å²) in [6.45, 7) is 14.5. The number of morpholine rings is 1. The number of aliphatic hydroxyl groups is 1. The Morgan fingerprint density at radius 2 is 1.77 bits per heavy atom. The van der Waals surface area contributed by atoms with E-state index in [1.807, 2.05) is 25.3 Å². The molecule has 5 rings (SSSR count). The Labute approximate surface area is 256 Å². The number of rotatable bonds is 12. The quantitative estimate of drug-likeness (QED) is 0.237. The third-order valence-electron chi connectivity index (χ3n) is 8.20. The molecule has 0 unspecified atom stereocenters. The fourth-order valence-corrected chi connectivity index (χ4v) is 5.86. The summed E-state index contributed by atoms with van der Waals surface area (Å²) < 4.78 is 9.54. The molecule has 1 aliphatic carbocycles. The minimum atomic E-state index is 0.148. The number of ether oxygens (including phenoxy) is 1. The molecule has 1 fully saturated rings. The minimum Gasteiger partial charge on any atom is -0.506 e. The van der Waals surface area contributed by atoms with Gasteiger partial charge in [0.2, 0.25) is 5.62 Å². The smallest absolute Gasteiger partial charge is 0.203 e. The number of pyridine rings is 1. The van der Waals surface area contributed by atoms with Gasteiger partial charge in [-0.1, -0.05) is 25.5 Å². The predicted molar refractivity (Wildman–Crippen MR) is 172 cm³/mol. The average molecular weight is 591 g/mol. The molecule has 0 radical (unpaired) electrons. The van der Waals surface area contributed by atoms with E-state index in [4.69, 9.17) is 10.1 Å². The van der Waals surface area contributed by atoms with Gasteiger partial charge in [-0.3, -0.25) is 15.3 Å². The van der Waals surface area contributed by atoms with Crippen molar-refractivity contribution in [3.63, 3.8) is 0 Å². The molecule has 2 aromatic heterocycles. The van der Waals surface area contributed by atoms with E-state index in [-0.39, 0.29) is 12.4 Å². The number of aromatic hydroxyl groups is 1. The number of hydrogen-bond donors (Lipinski definition) is 4. The van der Waals surface area contributed by atoms with Crippen LogP contribution in [-0.4, -0.2) is 68.7 Å². The van der Waals surface area contributed by atoms with Gasteiger partial charge < -0.3 is 29.4 Å². The normalized spacial score (nSPS) is 15.8. The Bertz CT molecular complexity index is 1480. The lowest BCUT2D eigenvalue weighted by Gasteiger charge is -2.26. The number of nitrogens with one attached hydrogen (secondary N) is 2. The van der Waals surface area contributed by atoms with Crippen molar-refractivity contribution in [2.24, 2.45) is 0 Å². The first-order chi connectivity index (χ1) is 20.9. The highest BCUT2D eigenvalue weighted by Gasteiger charge is 2.17. The number of aliphatic hydroxyl groups excluding tert-OH is 1. The highest BCUT2D eigenvalue weighted by atomic mass is 16.5. The molecule has 0 saturated carbocycles. The molecule has 1 aliphatic heterocycles. The van der Waals surface area contributed by atoms with E-state index < -0.39 is 0 Å². The molecule has 43 heavy (non-hydrogen) atoms. The number of imidazole rings is 1. The van der Waals surface area contributed by atoms with Gasteiger partial charge in [-0.2, -0.15) is 0 Å². The number of aromatic nitrogens is 3. The minimum absolute atomic E-state index is 0.148. The molecule has 1 aromatic carbocycles. The van der Waals surface area contributed by atoms with Crippen molar-refractivity contribution in [1.29, 1.82) is 5.41 Å². The van der Waals surface area contributed by atoms with Crippen molar-refractivity contribution in [2.75, 3.05) is 39.5 Å². The molecule has 9 nitrogen and oxygen atoms in total. The third kappa shape index (κ3) is 8.37. The zero-order chi connectivity index (χ0) is 30.8. The summed E-state index contributed by atoms with van der Waals surface area (Å²) >= 11 is 0. The Morgan fingerprint density at radius 3 is 2.53 bits per heavy atom. The van der Waals surface area contributed by atoms with Crippen LogP contribution in [0.1, 0.15) is 69.8 Å². The molecular weight excluding hydrogens is 540 g/mol. The first-order valence-corrected chi connectivity index (χ1v) is 15.9. The SMILES string of the molecule is CC.CC1=CC(NCc2ccc3c(c2)n(Cc2nc(C)ccc2O)c(=N)n3CCCN2CCOCC2)=C(CCCO)CC1. The fraction of sp³-hybridized carbons (Fsp3) is 0.529. The van der Waals surface area contributed by atoms with E-state index >= 15 is 0 Å². The van der Waals surface area contributed by atoms with Crippen LogP contribution in [0.15, 0.2) is 53.3 Å². The molecule has 4 N–H and O–H groups in total. The predicted octanol–water partition coefficient (Wildman–Crippen LogP) is 4.98. The summed E-state index contributed by atoms with van der Waals surface area (Å²) in [4.78, 5) is 7.01. The molecular formula is C34H50N6O3. The highest BCUT2D eigenvalue weighted by Crippen LogP contribution is 2.26. The van der Waals surface area contributed by atoms with Gasteiger partial charge in [-0.05, 0) is 87.4 Å². The highest BCUT2D eigenvalue weighted by molar-refractivity contribution is 5.77. The second-order valence-corrected chi connectivity index (χ2v) is 11.3. The van der Waals surface area contributed by atoms with Crippen molar-refractivity contribution in [3.8, 4) is 5.75 Å². The van der Waals surface area contributed by atoms with Crippen molar-refractivity contribution in [1.82, 2.24) is 24.3 Å². The Morgan fingerprint density at radius 1 is 0.977 bits per heavy atom. The number of benzene rings is 1. The van der Waals surface area contributed by atoms with Gasteiger partial charge in [0.25, 0.3) is 0 Å². The number of aryl methyl sites for hydroxylation is 2. The lowest BCUT2D eigenvalue weighted by atomic mass is 9.93. The molecule has 234 valence electrons. The van der Waals surface area contributed by atoms with E-state index in [0.29, 0.717) is 24.4 Å². The molecule has 2 aliphatic rings. The summed E-state index contributed by atoms with van der Waals surface area (Å²) in [5, 5.41) is 32.7. The topological polar surface area (TPSA) is 112 Å². The molecule has 1 saturated heterocycles. The van der Waals surface area contributed by atoms with E-state index in [0.717, 1.165) is 93.8 Å². The summed E-state index contributed by atoms with van der Waals surface area (Å²) in [6.07, 6.45) is 6.99. The van der Waals surface area contributed by atoms with Crippen LogP contribution in [0.5, 0.6) is 5.75 Å². The van der Waals surface area contributed by atoms with E-state index in [1.54, 1.807) is 12.1 Å². The van der Waals surface area contributed by atoms with Crippen molar-refractivity contribution in [2.45, 2.75) is 79.4 Å². The summed E-state index contributed by atoms with van der Waals surface area (Å²) in [5.41, 5.74) is 8.85. The van der Waals surface area contributed by atoms with Crippen LogP contribution in [0.4, 0.5) is 0 Å². The van der Waals surface area contributed by atoms with Gasteiger partial charge in [0, 0.05) is 50.7 Å². The maximum atomic E-state index is 10.5. The Kier molecular flexibility index (Phi) is 12.0. The first kappa shape index (κ1) is 32.5. The lowest BCUT2D eigenvalue weighted by molar-refractivity contribution is 0.0369. The second kappa shape index (κ2) is 15.9. The number of allylic oxidation sites excluding steroid dienone is 3. The average Bonchev–Trinajstić information content (AvgIpc) is 3.28. The van der Waals surface area contributed by atoms with Crippen molar-refractivity contribution < 1.29 is 14.9 Å². The summed E-state index contributed by atoms with van der Waals surface area (Å²) in [7, 11) is 0. The van der Waals surface area contributed by atoms with E-state index in [1.165, 1.54) is 16.8 Å². The monoisotopic (exact) mass is 590 g/mol. The van der Waals surface area contributed by atoms with Crippen molar-refractivity contribution >= 4 is 11.0 Å². The van der Waals surface area contributed by atoms with Crippen LogP contribution in [0.2, 0.25) is 0 Å². The molecule has 0 bridgehead atoms. The molecule has 9 heteroatoms. The summed E-state index contributed by atoms with van der Waals surface area (Å²) in [5.74, 6) is 0.148. The largest absolute Gasteiger partial charge is 0.506 e. The van der Waals surface area contributed by atoms with Crippen molar-refractivity contribution in [3.05, 3.63) is 75.8 Å². The van der Waals surface area contributed by atoms with Gasteiger partial charge in [0.05, 0.1) is 30.8 Å². The molecule has 0 amide bonds. The van der Waals surface area contributed by atoms with Crippen LogP contribution in [0.3, 0.4) is 0 Å². The maximum absolute atomic E-state index is 10.5. The number of hydrogen-bond acceptors (Lipinski definition) is 7. The second-order valence-electron chi connectivity index (χ2n) is 11.3. The number of fused-ring (bicyclic) bond motifs is 1. The van der Waals surface area contributed by atoms with Crippen LogP contribution in [0, 0.1) is 12.3 Å². The van der Waals surface area contributed by atoms with Gasteiger partial charge in [-0.15, -0.1) is 0 Å². The maximum Gasteiger partial charge on any atom is 0.203 e. The molecule has 0 spiro atoms. The third-order valence-corrected chi connectivity index (χ3v) is 8.20. The standard InChI is InChI=1S/C32H44N6O3.C2H6/c1-23-6-9-26(5-3-16-39)27(19-23)34-21-25-8-10-29-30(20-25)38(22-28-31(40)11-7-24(2)35-28)32(33)37(29)13-4-12-36-14-17-41-18-15-36;1-2/h7-8,10-11,19-20,33-34,39-40H,3-6,9,12-18,21-22H2,1-2H3;1-2H3.